The van der Waals surface area contributed by atoms with Gasteiger partial charge in [-0.1, -0.05) is 11.6 Å². The van der Waals surface area contributed by atoms with Crippen LogP contribution in [0.25, 0.3) is 0 Å². The van der Waals surface area contributed by atoms with Crippen LogP contribution in [-0.4, -0.2) is 16.5 Å². The Morgan fingerprint density at radius 2 is 2.11 bits per heavy atom. The molecule has 0 atom stereocenters. The van der Waals surface area contributed by atoms with Crippen LogP contribution in [0.3, 0.4) is 0 Å². The van der Waals surface area contributed by atoms with E-state index in [-0.39, 0.29) is 0 Å². The van der Waals surface area contributed by atoms with Gasteiger partial charge in [-0.15, -0.1) is 0 Å². The van der Waals surface area contributed by atoms with Crippen molar-refractivity contribution >= 4 is 33.3 Å². The zero-order valence-corrected chi connectivity index (χ0v) is 12.9. The molecule has 2 aromatic rings. The minimum Gasteiger partial charge on any atom is -0.438 e. The van der Waals surface area contributed by atoms with Gasteiger partial charge in [-0.25, -0.2) is 4.98 Å². The van der Waals surface area contributed by atoms with E-state index in [9.17, 15) is 0 Å². The van der Waals surface area contributed by atoms with Crippen LogP contribution < -0.4 is 10.1 Å². The molecule has 6 heteroatoms. The molecule has 0 radical (unpaired) electrons. The largest absolute Gasteiger partial charge is 0.438 e. The second-order valence-corrected chi connectivity index (χ2v) is 5.14. The smallest absolute Gasteiger partial charge is 0.224 e. The molecule has 0 saturated heterocycles. The number of aryl methyl sites for hydroxylation is 1. The van der Waals surface area contributed by atoms with Crippen molar-refractivity contribution in [2.24, 2.45) is 0 Å². The summed E-state index contributed by atoms with van der Waals surface area (Å²) in [6, 6.07) is 7.09. The molecule has 0 spiro atoms. The molecule has 100 valence electrons. The van der Waals surface area contributed by atoms with Crippen LogP contribution in [0.5, 0.6) is 11.6 Å². The minimum atomic E-state index is 0.492. The van der Waals surface area contributed by atoms with E-state index in [0.29, 0.717) is 22.5 Å². The topological polar surface area (TPSA) is 47.0 Å². The molecule has 0 aliphatic rings. The molecule has 0 aliphatic heterocycles. The SMILES string of the molecule is CCNc1cc(Oc2ccc(Cl)cc2Br)nc(C)n1. The molecule has 4 nitrogen and oxygen atoms in total. The van der Waals surface area contributed by atoms with Crippen molar-refractivity contribution in [3.63, 3.8) is 0 Å². The predicted octanol–water partition coefficient (Wildman–Crippen LogP) is 4.43. The monoisotopic (exact) mass is 341 g/mol. The zero-order chi connectivity index (χ0) is 13.8. The summed E-state index contributed by atoms with van der Waals surface area (Å²) in [4.78, 5) is 8.51. The quantitative estimate of drug-likeness (QED) is 0.893. The van der Waals surface area contributed by atoms with Crippen LogP contribution in [0, 0.1) is 6.92 Å². The van der Waals surface area contributed by atoms with E-state index in [1.165, 1.54) is 0 Å². The first kappa shape index (κ1) is 14.1. The summed E-state index contributed by atoms with van der Waals surface area (Å²) >= 11 is 9.29. The van der Waals surface area contributed by atoms with E-state index in [1.807, 2.05) is 13.8 Å². The standard InChI is InChI=1S/C13H13BrClN3O/c1-3-16-12-7-13(18-8(2)17-12)19-11-5-4-9(15)6-10(11)14/h4-7H,3H2,1-2H3,(H,16,17,18). The third kappa shape index (κ3) is 3.81. The number of nitrogens with one attached hydrogen (secondary N) is 1. The van der Waals surface area contributed by atoms with Crippen LogP contribution in [-0.2, 0) is 0 Å². The van der Waals surface area contributed by atoms with Crippen LogP contribution in [0.1, 0.15) is 12.7 Å². The molecule has 0 aliphatic carbocycles. The molecule has 0 fully saturated rings. The minimum absolute atomic E-state index is 0.492. The van der Waals surface area contributed by atoms with Crippen LogP contribution in [0.2, 0.25) is 5.02 Å². The molecule has 19 heavy (non-hydrogen) atoms. The Kier molecular flexibility index (Phi) is 4.61. The van der Waals surface area contributed by atoms with E-state index in [4.69, 9.17) is 16.3 Å². The second kappa shape index (κ2) is 6.21. The molecule has 2 rings (SSSR count). The van der Waals surface area contributed by atoms with E-state index in [1.54, 1.807) is 24.3 Å². The van der Waals surface area contributed by atoms with Crippen molar-refractivity contribution in [2.75, 3.05) is 11.9 Å². The molecule has 1 heterocycles. The molecule has 0 saturated carbocycles. The van der Waals surface area contributed by atoms with Gasteiger partial charge in [0, 0.05) is 17.6 Å². The number of hydrogen-bond acceptors (Lipinski definition) is 4. The summed E-state index contributed by atoms with van der Waals surface area (Å²) < 4.78 is 6.51. The van der Waals surface area contributed by atoms with Crippen molar-refractivity contribution in [3.05, 3.63) is 39.6 Å². The lowest BCUT2D eigenvalue weighted by Crippen LogP contribution is -2.02. The molecule has 1 N–H and O–H groups in total. The van der Waals surface area contributed by atoms with Crippen molar-refractivity contribution in [1.29, 1.82) is 0 Å². The van der Waals surface area contributed by atoms with Crippen molar-refractivity contribution in [3.8, 4) is 11.6 Å². The van der Waals surface area contributed by atoms with E-state index in [0.717, 1.165) is 16.8 Å². The molecule has 1 aromatic heterocycles. The number of rotatable bonds is 4. The predicted molar refractivity (Wildman–Crippen MR) is 80.2 cm³/mol. The lowest BCUT2D eigenvalue weighted by Gasteiger charge is -2.09. The number of aromatic nitrogens is 2. The number of halogens is 2. The van der Waals surface area contributed by atoms with Crippen LogP contribution in [0.15, 0.2) is 28.7 Å². The Bertz CT molecular complexity index is 592. The van der Waals surface area contributed by atoms with Gasteiger partial charge >= 0.3 is 0 Å². The molecule has 0 bridgehead atoms. The Morgan fingerprint density at radius 3 is 2.79 bits per heavy atom. The Balaban J connectivity index is 2.27. The van der Waals surface area contributed by atoms with E-state index in [2.05, 4.69) is 31.2 Å². The van der Waals surface area contributed by atoms with Gasteiger partial charge in [0.15, 0.2) is 0 Å². The summed E-state index contributed by atoms with van der Waals surface area (Å²) in [5, 5.41) is 3.78. The van der Waals surface area contributed by atoms with Gasteiger partial charge in [0.2, 0.25) is 5.88 Å². The average Bonchev–Trinajstić information content (AvgIpc) is 2.32. The highest BCUT2D eigenvalue weighted by molar-refractivity contribution is 9.10. The van der Waals surface area contributed by atoms with Gasteiger partial charge in [-0.05, 0) is 48.0 Å². The van der Waals surface area contributed by atoms with Gasteiger partial charge in [0.1, 0.15) is 17.4 Å². The fourth-order valence-corrected chi connectivity index (χ4v) is 2.30. The Morgan fingerprint density at radius 1 is 1.32 bits per heavy atom. The van der Waals surface area contributed by atoms with E-state index < -0.39 is 0 Å². The Hall–Kier alpha value is -1.33. The van der Waals surface area contributed by atoms with Gasteiger partial charge in [0.05, 0.1) is 4.47 Å². The fourth-order valence-electron chi connectivity index (χ4n) is 1.53. The highest BCUT2D eigenvalue weighted by atomic mass is 79.9. The zero-order valence-electron chi connectivity index (χ0n) is 10.6. The number of anilines is 1. The fraction of sp³-hybridized carbons (Fsp3) is 0.231. The third-order valence-electron chi connectivity index (χ3n) is 2.28. The van der Waals surface area contributed by atoms with Crippen LogP contribution >= 0.6 is 27.5 Å². The first-order valence-electron chi connectivity index (χ1n) is 5.81. The van der Waals surface area contributed by atoms with Gasteiger partial charge in [0.25, 0.3) is 0 Å². The summed E-state index contributed by atoms with van der Waals surface area (Å²) in [6.07, 6.45) is 0. The van der Waals surface area contributed by atoms with Crippen molar-refractivity contribution < 1.29 is 4.74 Å². The maximum Gasteiger partial charge on any atom is 0.224 e. The number of hydrogen-bond donors (Lipinski definition) is 1. The number of ether oxygens (including phenoxy) is 1. The van der Waals surface area contributed by atoms with Gasteiger partial charge < -0.3 is 10.1 Å². The van der Waals surface area contributed by atoms with Crippen molar-refractivity contribution in [2.45, 2.75) is 13.8 Å². The van der Waals surface area contributed by atoms with Gasteiger partial charge in [-0.3, -0.25) is 0 Å². The summed E-state index contributed by atoms with van der Waals surface area (Å²) in [7, 11) is 0. The highest BCUT2D eigenvalue weighted by Gasteiger charge is 2.07. The van der Waals surface area contributed by atoms with E-state index >= 15 is 0 Å². The third-order valence-corrected chi connectivity index (χ3v) is 3.14. The first-order valence-corrected chi connectivity index (χ1v) is 6.98. The number of benzene rings is 1. The lowest BCUT2D eigenvalue weighted by molar-refractivity contribution is 0.457. The van der Waals surface area contributed by atoms with Gasteiger partial charge in [-0.2, -0.15) is 4.98 Å². The Labute approximate surface area is 125 Å². The second-order valence-electron chi connectivity index (χ2n) is 3.85. The summed E-state index contributed by atoms with van der Waals surface area (Å²) in [5.74, 6) is 2.55. The number of nitrogens with zero attached hydrogens (tertiary/aromatic N) is 2. The summed E-state index contributed by atoms with van der Waals surface area (Å²) in [6.45, 7) is 4.62. The lowest BCUT2D eigenvalue weighted by atomic mass is 10.3. The molecule has 0 unspecified atom stereocenters. The first-order chi connectivity index (χ1) is 9.08. The maximum atomic E-state index is 5.89. The van der Waals surface area contributed by atoms with Crippen molar-refractivity contribution in [1.82, 2.24) is 9.97 Å². The molecular formula is C13H13BrClN3O. The van der Waals surface area contributed by atoms with Crippen LogP contribution in [0.4, 0.5) is 5.82 Å². The molecular weight excluding hydrogens is 330 g/mol. The molecule has 1 aromatic carbocycles. The molecule has 0 amide bonds. The summed E-state index contributed by atoms with van der Waals surface area (Å²) in [5.41, 5.74) is 0. The maximum absolute atomic E-state index is 5.89. The normalized spacial score (nSPS) is 10.3. The highest BCUT2D eigenvalue weighted by Crippen LogP contribution is 2.31. The average molecular weight is 343 g/mol.